The van der Waals surface area contributed by atoms with E-state index in [1.54, 1.807) is 12.2 Å². The molecule has 9 heavy (non-hydrogen) atoms. The highest BCUT2D eigenvalue weighted by Crippen LogP contribution is 1.91. The summed E-state index contributed by atoms with van der Waals surface area (Å²) in [5, 5.41) is 0. The zero-order chi connectivity index (χ0) is 7.11. The number of hydrogen-bond acceptors (Lipinski definition) is 1. The fourth-order valence-corrected chi connectivity index (χ4v) is 0.311. The summed E-state index contributed by atoms with van der Waals surface area (Å²) in [6.07, 6.45) is 8.52. The summed E-state index contributed by atoms with van der Waals surface area (Å²) in [5.41, 5.74) is 5.95. The normalized spacial score (nSPS) is 10.7. The van der Waals surface area contributed by atoms with Crippen molar-refractivity contribution >= 4 is 0 Å². The van der Waals surface area contributed by atoms with Gasteiger partial charge in [-0.1, -0.05) is 31.4 Å². The lowest BCUT2D eigenvalue weighted by Crippen LogP contribution is -1.72. The molecular formula is C8H11N. The molecule has 1 nitrogen and oxygen atoms in total. The molecule has 0 aromatic rings. The molecule has 0 aromatic heterocycles. The van der Waals surface area contributed by atoms with Gasteiger partial charge in [0.15, 0.2) is 0 Å². The first-order chi connectivity index (χ1) is 4.31. The number of rotatable bonds is 3. The van der Waals surface area contributed by atoms with Crippen molar-refractivity contribution in [3.05, 3.63) is 49.2 Å². The van der Waals surface area contributed by atoms with Gasteiger partial charge in [0.05, 0.1) is 0 Å². The minimum absolute atomic E-state index is 0.883. The summed E-state index contributed by atoms with van der Waals surface area (Å²) in [6, 6.07) is 0. The monoisotopic (exact) mass is 121 g/mol. The van der Waals surface area contributed by atoms with Crippen LogP contribution >= 0.6 is 0 Å². The van der Waals surface area contributed by atoms with E-state index in [4.69, 9.17) is 5.73 Å². The van der Waals surface area contributed by atoms with E-state index in [1.165, 1.54) is 6.20 Å². The molecule has 0 fully saturated rings. The van der Waals surface area contributed by atoms with Crippen molar-refractivity contribution in [2.75, 3.05) is 0 Å². The average molecular weight is 121 g/mol. The van der Waals surface area contributed by atoms with Crippen LogP contribution in [0.25, 0.3) is 0 Å². The summed E-state index contributed by atoms with van der Waals surface area (Å²) in [4.78, 5) is 0. The van der Waals surface area contributed by atoms with E-state index >= 15 is 0 Å². The van der Waals surface area contributed by atoms with Gasteiger partial charge in [-0.2, -0.15) is 0 Å². The third-order valence-corrected chi connectivity index (χ3v) is 0.795. The van der Waals surface area contributed by atoms with E-state index in [1.807, 2.05) is 12.2 Å². The topological polar surface area (TPSA) is 26.0 Å². The lowest BCUT2D eigenvalue weighted by atomic mass is 10.3. The van der Waals surface area contributed by atoms with Crippen molar-refractivity contribution < 1.29 is 0 Å². The molecule has 0 aliphatic carbocycles. The SMILES string of the molecule is C=CC(=C)/C=C\C=C/N. The number of allylic oxidation sites excluding steroid dienone is 5. The van der Waals surface area contributed by atoms with Crippen LogP contribution in [0, 0.1) is 0 Å². The Kier molecular flexibility index (Phi) is 4.23. The molecule has 0 aliphatic rings. The quantitative estimate of drug-likeness (QED) is 0.566. The Morgan fingerprint density at radius 3 is 2.44 bits per heavy atom. The van der Waals surface area contributed by atoms with E-state index in [9.17, 15) is 0 Å². The molecule has 0 spiro atoms. The first kappa shape index (κ1) is 7.76. The van der Waals surface area contributed by atoms with Gasteiger partial charge in [-0.15, -0.1) is 0 Å². The molecule has 0 atom stereocenters. The molecule has 0 saturated carbocycles. The number of hydrogen-bond donors (Lipinski definition) is 1. The molecule has 0 heterocycles. The Balaban J connectivity index is 3.70. The summed E-state index contributed by atoms with van der Waals surface area (Å²) < 4.78 is 0. The largest absolute Gasteiger partial charge is 0.405 e. The van der Waals surface area contributed by atoms with E-state index < -0.39 is 0 Å². The zero-order valence-electron chi connectivity index (χ0n) is 5.38. The lowest BCUT2D eigenvalue weighted by molar-refractivity contribution is 1.60. The fourth-order valence-electron chi connectivity index (χ4n) is 0.311. The first-order valence-electron chi connectivity index (χ1n) is 2.67. The first-order valence-corrected chi connectivity index (χ1v) is 2.67. The Morgan fingerprint density at radius 1 is 1.33 bits per heavy atom. The lowest BCUT2D eigenvalue weighted by Gasteiger charge is -1.81. The predicted octanol–water partition coefficient (Wildman–Crippen LogP) is 1.76. The van der Waals surface area contributed by atoms with Gasteiger partial charge in [0.1, 0.15) is 0 Å². The smallest absolute Gasteiger partial charge is 0.00624 e. The molecule has 0 unspecified atom stereocenters. The van der Waals surface area contributed by atoms with Crippen molar-refractivity contribution in [1.29, 1.82) is 0 Å². The Bertz CT molecular complexity index is 152. The molecule has 48 valence electrons. The summed E-state index contributed by atoms with van der Waals surface area (Å²) in [7, 11) is 0. The van der Waals surface area contributed by atoms with Gasteiger partial charge < -0.3 is 5.73 Å². The molecular weight excluding hydrogens is 110 g/mol. The van der Waals surface area contributed by atoms with Crippen molar-refractivity contribution in [2.45, 2.75) is 0 Å². The van der Waals surface area contributed by atoms with Crippen LogP contribution < -0.4 is 5.73 Å². The van der Waals surface area contributed by atoms with E-state index in [-0.39, 0.29) is 0 Å². The van der Waals surface area contributed by atoms with E-state index in [0.29, 0.717) is 0 Å². The van der Waals surface area contributed by atoms with Gasteiger partial charge in [0, 0.05) is 0 Å². The Labute approximate surface area is 55.9 Å². The maximum Gasteiger partial charge on any atom is -0.00624 e. The summed E-state index contributed by atoms with van der Waals surface area (Å²) in [5.74, 6) is 0. The maximum atomic E-state index is 5.07. The van der Waals surface area contributed by atoms with Crippen LogP contribution in [-0.4, -0.2) is 0 Å². The van der Waals surface area contributed by atoms with Crippen LogP contribution in [0.1, 0.15) is 0 Å². The highest BCUT2D eigenvalue weighted by molar-refractivity contribution is 5.27. The minimum Gasteiger partial charge on any atom is -0.405 e. The second kappa shape index (κ2) is 4.91. The second-order valence-electron chi connectivity index (χ2n) is 1.52. The van der Waals surface area contributed by atoms with E-state index in [0.717, 1.165) is 5.57 Å². The molecule has 0 radical (unpaired) electrons. The minimum atomic E-state index is 0.883. The third-order valence-electron chi connectivity index (χ3n) is 0.795. The Morgan fingerprint density at radius 2 is 2.00 bits per heavy atom. The zero-order valence-corrected chi connectivity index (χ0v) is 5.38. The molecule has 0 aliphatic heterocycles. The summed E-state index contributed by atoms with van der Waals surface area (Å²) >= 11 is 0. The van der Waals surface area contributed by atoms with Gasteiger partial charge in [0.25, 0.3) is 0 Å². The van der Waals surface area contributed by atoms with Crippen LogP contribution in [0.2, 0.25) is 0 Å². The van der Waals surface area contributed by atoms with Gasteiger partial charge in [-0.25, -0.2) is 0 Å². The van der Waals surface area contributed by atoms with Crippen molar-refractivity contribution in [3.63, 3.8) is 0 Å². The van der Waals surface area contributed by atoms with Crippen LogP contribution in [0.15, 0.2) is 49.2 Å². The molecule has 2 N–H and O–H groups in total. The van der Waals surface area contributed by atoms with E-state index in [2.05, 4.69) is 13.2 Å². The van der Waals surface area contributed by atoms with Crippen molar-refractivity contribution in [2.24, 2.45) is 5.73 Å². The molecule has 0 rings (SSSR count). The van der Waals surface area contributed by atoms with Crippen LogP contribution in [0.3, 0.4) is 0 Å². The second-order valence-corrected chi connectivity index (χ2v) is 1.52. The Hall–Kier alpha value is -1.24. The van der Waals surface area contributed by atoms with Gasteiger partial charge in [0.2, 0.25) is 0 Å². The standard InChI is InChI=1S/C8H11N/c1-3-8(2)6-4-5-7-9/h3-7H,1-2,9H2/b6-4-,7-5-. The van der Waals surface area contributed by atoms with Gasteiger partial charge >= 0.3 is 0 Å². The third kappa shape index (κ3) is 4.62. The maximum absolute atomic E-state index is 5.07. The molecule has 0 saturated heterocycles. The fraction of sp³-hybridized carbons (Fsp3) is 0. The number of nitrogens with two attached hydrogens (primary N) is 1. The molecule has 0 aromatic carbocycles. The molecule has 0 bridgehead atoms. The van der Waals surface area contributed by atoms with Crippen LogP contribution in [0.5, 0.6) is 0 Å². The highest BCUT2D eigenvalue weighted by Gasteiger charge is 1.71. The van der Waals surface area contributed by atoms with Crippen LogP contribution in [-0.2, 0) is 0 Å². The molecule has 1 heteroatoms. The van der Waals surface area contributed by atoms with Crippen molar-refractivity contribution in [3.8, 4) is 0 Å². The van der Waals surface area contributed by atoms with Gasteiger partial charge in [-0.05, 0) is 17.8 Å². The molecule has 0 amide bonds. The average Bonchev–Trinajstić information content (AvgIpc) is 1.89. The predicted molar refractivity (Wildman–Crippen MR) is 41.8 cm³/mol. The van der Waals surface area contributed by atoms with Crippen LogP contribution in [0.4, 0.5) is 0 Å². The van der Waals surface area contributed by atoms with Gasteiger partial charge in [-0.3, -0.25) is 0 Å². The highest BCUT2D eigenvalue weighted by atomic mass is 14.5. The summed E-state index contributed by atoms with van der Waals surface area (Å²) in [6.45, 7) is 7.20. The van der Waals surface area contributed by atoms with Crippen molar-refractivity contribution in [1.82, 2.24) is 0 Å².